The number of carbonyl (C=O) groups excluding carboxylic acids is 1. The normalized spacial score (nSPS) is 16.9. The Labute approximate surface area is 160 Å². The number of aryl methyl sites for hydroxylation is 1. The molecule has 1 saturated heterocycles. The van der Waals surface area contributed by atoms with Crippen molar-refractivity contribution < 1.29 is 14.3 Å². The number of benzene rings is 1. The molecular formula is C20H28N4O3. The van der Waals surface area contributed by atoms with Gasteiger partial charge in [0, 0.05) is 32.0 Å². The number of nitrogens with one attached hydrogen (secondary N) is 2. The molecule has 1 atom stereocenters. The molecular weight excluding hydrogens is 344 g/mol. The lowest BCUT2D eigenvalue weighted by Crippen LogP contribution is -2.32. The summed E-state index contributed by atoms with van der Waals surface area (Å²) in [6.45, 7) is 5.34. The highest BCUT2D eigenvalue weighted by Crippen LogP contribution is 2.20. The van der Waals surface area contributed by atoms with Gasteiger partial charge in [-0.25, -0.2) is 0 Å². The molecule has 1 aromatic carbocycles. The summed E-state index contributed by atoms with van der Waals surface area (Å²) in [5, 5.41) is 10.8. The van der Waals surface area contributed by atoms with Crippen LogP contribution in [0.15, 0.2) is 30.5 Å². The monoisotopic (exact) mass is 372 g/mol. The fraction of sp³-hybridized carbons (Fsp3) is 0.500. The van der Waals surface area contributed by atoms with Crippen molar-refractivity contribution in [1.82, 2.24) is 20.4 Å². The van der Waals surface area contributed by atoms with E-state index in [0.717, 1.165) is 42.8 Å². The standard InChI is InChI=1S/C20H28N4O3/c1-15-5-6-16(19(12-15)27-11-10-26-2)13-22-20(25)18-7-9-24(23-18)17-4-3-8-21-14-17/h5-7,9,12,17,21H,3-4,8,10-11,13-14H2,1-2H3,(H,22,25). The molecule has 1 unspecified atom stereocenters. The topological polar surface area (TPSA) is 77.4 Å². The van der Waals surface area contributed by atoms with E-state index in [1.54, 1.807) is 13.2 Å². The largest absolute Gasteiger partial charge is 0.491 e. The Morgan fingerprint density at radius 2 is 2.26 bits per heavy atom. The second-order valence-electron chi connectivity index (χ2n) is 6.82. The van der Waals surface area contributed by atoms with Gasteiger partial charge in [0.2, 0.25) is 0 Å². The molecule has 1 fully saturated rings. The van der Waals surface area contributed by atoms with E-state index in [0.29, 0.717) is 31.5 Å². The third-order valence-electron chi connectivity index (χ3n) is 4.69. The van der Waals surface area contributed by atoms with Gasteiger partial charge in [0.1, 0.15) is 18.1 Å². The Kier molecular flexibility index (Phi) is 6.84. The molecule has 2 aromatic rings. The second-order valence-corrected chi connectivity index (χ2v) is 6.82. The van der Waals surface area contributed by atoms with Crippen molar-refractivity contribution in [1.29, 1.82) is 0 Å². The Morgan fingerprint density at radius 1 is 1.37 bits per heavy atom. The minimum atomic E-state index is -0.180. The van der Waals surface area contributed by atoms with Gasteiger partial charge in [-0.2, -0.15) is 5.10 Å². The molecule has 0 bridgehead atoms. The van der Waals surface area contributed by atoms with Crippen molar-refractivity contribution in [3.05, 3.63) is 47.3 Å². The first-order valence-electron chi connectivity index (χ1n) is 9.42. The number of rotatable bonds is 8. The maximum Gasteiger partial charge on any atom is 0.272 e. The van der Waals surface area contributed by atoms with Crippen molar-refractivity contribution in [2.24, 2.45) is 0 Å². The van der Waals surface area contributed by atoms with Crippen molar-refractivity contribution in [3.63, 3.8) is 0 Å². The van der Waals surface area contributed by atoms with Gasteiger partial charge in [-0.05, 0) is 44.0 Å². The molecule has 0 spiro atoms. The highest BCUT2D eigenvalue weighted by molar-refractivity contribution is 5.92. The number of hydrogen-bond donors (Lipinski definition) is 2. The lowest BCUT2D eigenvalue weighted by Gasteiger charge is -2.22. The van der Waals surface area contributed by atoms with E-state index in [-0.39, 0.29) is 5.91 Å². The molecule has 0 saturated carbocycles. The van der Waals surface area contributed by atoms with Crippen molar-refractivity contribution in [3.8, 4) is 5.75 Å². The minimum absolute atomic E-state index is 0.180. The Bertz CT molecular complexity index is 753. The van der Waals surface area contributed by atoms with Crippen LogP contribution in [0, 0.1) is 6.92 Å². The van der Waals surface area contributed by atoms with Gasteiger partial charge in [0.25, 0.3) is 5.91 Å². The van der Waals surface area contributed by atoms with Crippen LogP contribution in [0.1, 0.15) is 40.5 Å². The molecule has 1 aromatic heterocycles. The number of nitrogens with zero attached hydrogens (tertiary/aromatic N) is 2. The van der Waals surface area contributed by atoms with Crippen LogP contribution in [0.5, 0.6) is 5.75 Å². The Balaban J connectivity index is 1.59. The van der Waals surface area contributed by atoms with E-state index in [4.69, 9.17) is 9.47 Å². The molecule has 27 heavy (non-hydrogen) atoms. The number of ether oxygens (including phenoxy) is 2. The lowest BCUT2D eigenvalue weighted by molar-refractivity contribution is 0.0944. The highest BCUT2D eigenvalue weighted by Gasteiger charge is 2.18. The zero-order valence-electron chi connectivity index (χ0n) is 16.0. The smallest absolute Gasteiger partial charge is 0.272 e. The number of piperidine rings is 1. The van der Waals surface area contributed by atoms with E-state index in [2.05, 4.69) is 15.7 Å². The molecule has 1 aliphatic rings. The summed E-state index contributed by atoms with van der Waals surface area (Å²) in [5.74, 6) is 0.590. The summed E-state index contributed by atoms with van der Waals surface area (Å²) in [6.07, 6.45) is 4.10. The average Bonchev–Trinajstić information content (AvgIpc) is 3.18. The van der Waals surface area contributed by atoms with Crippen LogP contribution in [0.3, 0.4) is 0 Å². The predicted octanol–water partition coefficient (Wildman–Crippen LogP) is 2.07. The summed E-state index contributed by atoms with van der Waals surface area (Å²) in [4.78, 5) is 12.5. The van der Waals surface area contributed by atoms with Gasteiger partial charge in [-0.3, -0.25) is 9.48 Å². The molecule has 2 heterocycles. The first kappa shape index (κ1) is 19.4. The number of methoxy groups -OCH3 is 1. The van der Waals surface area contributed by atoms with Crippen LogP contribution in [-0.4, -0.2) is 49.1 Å². The number of carbonyl (C=O) groups is 1. The molecule has 7 nitrogen and oxygen atoms in total. The fourth-order valence-electron chi connectivity index (χ4n) is 3.16. The molecule has 0 aliphatic carbocycles. The van der Waals surface area contributed by atoms with Gasteiger partial charge in [0.15, 0.2) is 0 Å². The van der Waals surface area contributed by atoms with Gasteiger partial charge in [0.05, 0.1) is 12.6 Å². The minimum Gasteiger partial charge on any atom is -0.491 e. The summed E-state index contributed by atoms with van der Waals surface area (Å²) in [5.41, 5.74) is 2.48. The van der Waals surface area contributed by atoms with Crippen LogP contribution >= 0.6 is 0 Å². The summed E-state index contributed by atoms with van der Waals surface area (Å²) >= 11 is 0. The maximum absolute atomic E-state index is 12.5. The van der Waals surface area contributed by atoms with Crippen LogP contribution in [0.2, 0.25) is 0 Å². The van der Waals surface area contributed by atoms with Crippen LogP contribution in [-0.2, 0) is 11.3 Å². The Hall–Kier alpha value is -2.38. The molecule has 7 heteroatoms. The fourth-order valence-corrected chi connectivity index (χ4v) is 3.16. The molecule has 1 amide bonds. The van der Waals surface area contributed by atoms with Gasteiger partial charge >= 0.3 is 0 Å². The van der Waals surface area contributed by atoms with Crippen LogP contribution in [0.4, 0.5) is 0 Å². The van der Waals surface area contributed by atoms with Gasteiger partial charge in [-0.15, -0.1) is 0 Å². The molecule has 2 N–H and O–H groups in total. The van der Waals surface area contributed by atoms with Crippen molar-refractivity contribution in [2.75, 3.05) is 33.4 Å². The van der Waals surface area contributed by atoms with Crippen LogP contribution in [0.25, 0.3) is 0 Å². The maximum atomic E-state index is 12.5. The van der Waals surface area contributed by atoms with E-state index < -0.39 is 0 Å². The van der Waals surface area contributed by atoms with E-state index in [9.17, 15) is 4.79 Å². The van der Waals surface area contributed by atoms with E-state index >= 15 is 0 Å². The van der Waals surface area contributed by atoms with Crippen LogP contribution < -0.4 is 15.4 Å². The third kappa shape index (κ3) is 5.30. The van der Waals surface area contributed by atoms with Gasteiger partial charge in [-0.1, -0.05) is 12.1 Å². The van der Waals surface area contributed by atoms with Gasteiger partial charge < -0.3 is 20.1 Å². The summed E-state index contributed by atoms with van der Waals surface area (Å²) in [6, 6.07) is 8.05. The quantitative estimate of drug-likeness (QED) is 0.694. The number of hydrogen-bond acceptors (Lipinski definition) is 5. The van der Waals surface area contributed by atoms with E-state index in [1.165, 1.54) is 0 Å². The number of aromatic nitrogens is 2. The average molecular weight is 372 g/mol. The third-order valence-corrected chi connectivity index (χ3v) is 4.69. The second kappa shape index (κ2) is 9.53. The van der Waals surface area contributed by atoms with Crippen molar-refractivity contribution in [2.45, 2.75) is 32.4 Å². The van der Waals surface area contributed by atoms with E-state index in [1.807, 2.05) is 36.0 Å². The molecule has 0 radical (unpaired) electrons. The molecule has 146 valence electrons. The summed E-state index contributed by atoms with van der Waals surface area (Å²) < 4.78 is 12.7. The first-order chi connectivity index (χ1) is 13.2. The summed E-state index contributed by atoms with van der Waals surface area (Å²) in [7, 11) is 1.64. The predicted molar refractivity (Wildman–Crippen MR) is 103 cm³/mol. The molecule has 3 rings (SSSR count). The highest BCUT2D eigenvalue weighted by atomic mass is 16.5. The number of amides is 1. The SMILES string of the molecule is COCCOc1cc(C)ccc1CNC(=O)c1ccn(C2CCCNC2)n1. The zero-order chi connectivity index (χ0) is 19.1. The zero-order valence-corrected chi connectivity index (χ0v) is 16.0. The first-order valence-corrected chi connectivity index (χ1v) is 9.42. The molecule has 1 aliphatic heterocycles. The van der Waals surface area contributed by atoms with Crippen molar-refractivity contribution >= 4 is 5.91 Å². The Morgan fingerprint density at radius 3 is 3.04 bits per heavy atom. The lowest BCUT2D eigenvalue weighted by atomic mass is 10.1.